The second kappa shape index (κ2) is 10.0. The van der Waals surface area contributed by atoms with Gasteiger partial charge in [0.15, 0.2) is 0 Å². The average Bonchev–Trinajstić information content (AvgIpc) is 2.76. The van der Waals surface area contributed by atoms with Crippen LogP contribution in [0, 0.1) is 18.7 Å². The van der Waals surface area contributed by atoms with Gasteiger partial charge < -0.3 is 5.32 Å². The van der Waals surface area contributed by atoms with Crippen molar-refractivity contribution >= 4 is 21.8 Å². The van der Waals surface area contributed by atoms with Crippen LogP contribution < -0.4 is 10.9 Å². The lowest BCUT2D eigenvalue weighted by molar-refractivity contribution is 0.0898. The van der Waals surface area contributed by atoms with Gasteiger partial charge in [-0.05, 0) is 83.4 Å². The maximum absolute atomic E-state index is 14.0. The smallest absolute Gasteiger partial charge is 0.269 e. The zero-order valence-corrected chi connectivity index (χ0v) is 20.5. The summed E-state index contributed by atoms with van der Waals surface area (Å²) >= 11 is 3.49. The number of hydrogen-bond acceptors (Lipinski definition) is 2. The van der Waals surface area contributed by atoms with Crippen LogP contribution in [-0.2, 0) is 6.42 Å². The summed E-state index contributed by atoms with van der Waals surface area (Å²) in [5.41, 5.74) is 3.13. The lowest BCUT2D eigenvalue weighted by Crippen LogP contribution is -2.38. The van der Waals surface area contributed by atoms with Gasteiger partial charge >= 0.3 is 0 Å². The number of halogens is 2. The van der Waals surface area contributed by atoms with E-state index in [0.717, 1.165) is 36.8 Å². The van der Waals surface area contributed by atoms with E-state index in [4.69, 9.17) is 0 Å². The van der Waals surface area contributed by atoms with E-state index in [1.807, 2.05) is 50.2 Å². The molecule has 1 N–H and O–H groups in total. The summed E-state index contributed by atoms with van der Waals surface area (Å²) in [5, 5.41) is 3.20. The fourth-order valence-electron chi connectivity index (χ4n) is 4.65. The number of para-hydroxylation sites is 1. The SMILES string of the molecule is CCCc1c(C(=O)NC(c2cccc(F)c2)C2CCC2)c(C)n(-c2ccccc2)c(=O)c1Br. The van der Waals surface area contributed by atoms with Gasteiger partial charge in [-0.2, -0.15) is 0 Å². The van der Waals surface area contributed by atoms with Crippen molar-refractivity contribution in [2.75, 3.05) is 0 Å². The number of carbonyl (C=O) groups is 1. The monoisotopic (exact) mass is 510 g/mol. The van der Waals surface area contributed by atoms with Crippen molar-refractivity contribution in [3.8, 4) is 5.69 Å². The van der Waals surface area contributed by atoms with Crippen molar-refractivity contribution in [3.63, 3.8) is 0 Å². The van der Waals surface area contributed by atoms with Crippen LogP contribution in [0.2, 0.25) is 0 Å². The van der Waals surface area contributed by atoms with Gasteiger partial charge in [0.05, 0.1) is 16.1 Å². The minimum absolute atomic E-state index is 0.181. The molecular weight excluding hydrogens is 483 g/mol. The van der Waals surface area contributed by atoms with E-state index >= 15 is 0 Å². The van der Waals surface area contributed by atoms with Crippen LogP contribution in [0.25, 0.3) is 5.69 Å². The fourth-order valence-corrected chi connectivity index (χ4v) is 5.23. The standard InChI is InChI=1S/C27H28BrFN2O2/c1-3-9-22-23(17(2)31(27(33)24(22)28)21-14-5-4-6-15-21)26(32)30-25(18-10-7-11-18)19-12-8-13-20(29)16-19/h4-6,8,12-16,18,25H,3,7,9-11H2,1-2H3,(H,30,32). The van der Waals surface area contributed by atoms with Crippen molar-refractivity contribution in [1.29, 1.82) is 0 Å². The lowest BCUT2D eigenvalue weighted by atomic mass is 9.77. The van der Waals surface area contributed by atoms with E-state index in [0.29, 0.717) is 27.8 Å². The van der Waals surface area contributed by atoms with Crippen LogP contribution in [0.5, 0.6) is 0 Å². The Balaban J connectivity index is 1.81. The highest BCUT2D eigenvalue weighted by Gasteiger charge is 2.32. The predicted octanol–water partition coefficient (Wildman–Crippen LogP) is 6.27. The Kier molecular flexibility index (Phi) is 7.13. The Morgan fingerprint density at radius 2 is 1.91 bits per heavy atom. The van der Waals surface area contributed by atoms with E-state index in [1.54, 1.807) is 10.6 Å². The number of nitrogens with zero attached hydrogens (tertiary/aromatic N) is 1. The van der Waals surface area contributed by atoms with Crippen LogP contribution in [0.3, 0.4) is 0 Å². The first kappa shape index (κ1) is 23.4. The number of rotatable bonds is 7. The number of nitrogens with one attached hydrogen (secondary N) is 1. The second-order valence-electron chi connectivity index (χ2n) is 8.68. The predicted molar refractivity (Wildman–Crippen MR) is 132 cm³/mol. The Bertz CT molecular complexity index is 1220. The number of benzene rings is 2. The molecule has 1 heterocycles. The van der Waals surface area contributed by atoms with Gasteiger partial charge in [-0.1, -0.05) is 50.1 Å². The number of carbonyl (C=O) groups excluding carboxylic acids is 1. The van der Waals surface area contributed by atoms with Gasteiger partial charge in [0.25, 0.3) is 11.5 Å². The summed E-state index contributed by atoms with van der Waals surface area (Å²) in [6.45, 7) is 3.84. The summed E-state index contributed by atoms with van der Waals surface area (Å²) in [7, 11) is 0. The van der Waals surface area contributed by atoms with Gasteiger partial charge in [0, 0.05) is 11.4 Å². The molecule has 0 saturated heterocycles. The van der Waals surface area contributed by atoms with E-state index in [2.05, 4.69) is 21.2 Å². The highest BCUT2D eigenvalue weighted by Crippen LogP contribution is 2.38. The molecule has 0 radical (unpaired) electrons. The molecule has 1 amide bonds. The minimum Gasteiger partial charge on any atom is -0.345 e. The third-order valence-electron chi connectivity index (χ3n) is 6.51. The number of aromatic nitrogens is 1. The van der Waals surface area contributed by atoms with Crippen LogP contribution in [-0.4, -0.2) is 10.5 Å². The fraction of sp³-hybridized carbons (Fsp3) is 0.333. The summed E-state index contributed by atoms with van der Waals surface area (Å²) in [4.78, 5) is 27.0. The van der Waals surface area contributed by atoms with Crippen LogP contribution in [0.1, 0.15) is 65.8 Å². The second-order valence-corrected chi connectivity index (χ2v) is 9.47. The normalized spacial score (nSPS) is 14.5. The molecule has 1 aliphatic rings. The molecule has 4 nitrogen and oxygen atoms in total. The van der Waals surface area contributed by atoms with Crippen molar-refractivity contribution in [3.05, 3.63) is 97.6 Å². The molecule has 1 aromatic heterocycles. The third kappa shape index (κ3) is 4.67. The zero-order valence-electron chi connectivity index (χ0n) is 18.9. The van der Waals surface area contributed by atoms with E-state index in [9.17, 15) is 14.0 Å². The molecule has 4 rings (SSSR count). The Labute approximate surface area is 202 Å². The maximum Gasteiger partial charge on any atom is 0.269 e. The number of amides is 1. The van der Waals surface area contributed by atoms with Crippen LogP contribution in [0.4, 0.5) is 4.39 Å². The van der Waals surface area contributed by atoms with Gasteiger partial charge in [-0.25, -0.2) is 4.39 Å². The first-order chi connectivity index (χ1) is 15.9. The van der Waals surface area contributed by atoms with Gasteiger partial charge in [0.1, 0.15) is 5.82 Å². The molecule has 1 aliphatic carbocycles. The molecule has 1 saturated carbocycles. The van der Waals surface area contributed by atoms with Crippen LogP contribution >= 0.6 is 15.9 Å². The third-order valence-corrected chi connectivity index (χ3v) is 7.33. The molecule has 2 aromatic carbocycles. The largest absolute Gasteiger partial charge is 0.345 e. The first-order valence-corrected chi connectivity index (χ1v) is 12.3. The van der Waals surface area contributed by atoms with Crippen molar-refractivity contribution in [2.45, 2.75) is 52.0 Å². The molecule has 6 heteroatoms. The van der Waals surface area contributed by atoms with Gasteiger partial charge in [0.2, 0.25) is 0 Å². The highest BCUT2D eigenvalue weighted by molar-refractivity contribution is 9.10. The Morgan fingerprint density at radius 1 is 1.18 bits per heavy atom. The lowest BCUT2D eigenvalue weighted by Gasteiger charge is -2.35. The maximum atomic E-state index is 14.0. The Hall–Kier alpha value is -2.73. The highest BCUT2D eigenvalue weighted by atomic mass is 79.9. The van der Waals surface area contributed by atoms with E-state index in [-0.39, 0.29) is 29.2 Å². The summed E-state index contributed by atoms with van der Waals surface area (Å²) in [5.74, 6) is -0.272. The van der Waals surface area contributed by atoms with Crippen molar-refractivity contribution in [1.82, 2.24) is 9.88 Å². The molecule has 3 aromatic rings. The first-order valence-electron chi connectivity index (χ1n) is 11.5. The molecule has 0 bridgehead atoms. The molecule has 1 unspecified atom stereocenters. The van der Waals surface area contributed by atoms with Gasteiger partial charge in [-0.15, -0.1) is 0 Å². The van der Waals surface area contributed by atoms with Gasteiger partial charge in [-0.3, -0.25) is 14.2 Å². The molecule has 1 atom stereocenters. The molecule has 172 valence electrons. The molecule has 0 spiro atoms. The summed E-state index contributed by atoms with van der Waals surface area (Å²) in [6, 6.07) is 15.5. The van der Waals surface area contributed by atoms with Crippen molar-refractivity contribution in [2.24, 2.45) is 5.92 Å². The molecule has 0 aliphatic heterocycles. The molecular formula is C27H28BrFN2O2. The summed E-state index contributed by atoms with van der Waals surface area (Å²) < 4.78 is 16.0. The minimum atomic E-state index is -0.311. The summed E-state index contributed by atoms with van der Waals surface area (Å²) in [6.07, 6.45) is 4.49. The van der Waals surface area contributed by atoms with Crippen molar-refractivity contribution < 1.29 is 9.18 Å². The van der Waals surface area contributed by atoms with E-state index in [1.165, 1.54) is 12.1 Å². The zero-order chi connectivity index (χ0) is 23.5. The van der Waals surface area contributed by atoms with Crippen LogP contribution in [0.15, 0.2) is 63.9 Å². The van der Waals surface area contributed by atoms with E-state index < -0.39 is 0 Å². The molecule has 33 heavy (non-hydrogen) atoms. The topological polar surface area (TPSA) is 51.1 Å². The quantitative estimate of drug-likeness (QED) is 0.407. The number of hydrogen-bond donors (Lipinski definition) is 1. The number of pyridine rings is 1. The molecule has 1 fully saturated rings. The average molecular weight is 511 g/mol. The Morgan fingerprint density at radius 3 is 2.52 bits per heavy atom.